The van der Waals surface area contributed by atoms with Crippen LogP contribution in [0.5, 0.6) is 5.75 Å². The van der Waals surface area contributed by atoms with E-state index >= 15 is 0 Å². The zero-order valence-corrected chi connectivity index (χ0v) is 17.9. The number of nitrogens with two attached hydrogens (primary N) is 1. The SMILES string of the molecule is CC(C(N)=O)c1ccc2ncnc(Nc3ccc(OCc4cccc(F)c4)c(Cl)c3)c2c1. The van der Waals surface area contributed by atoms with Crippen molar-refractivity contribution < 1.29 is 13.9 Å². The van der Waals surface area contributed by atoms with E-state index in [1.54, 1.807) is 37.3 Å². The largest absolute Gasteiger partial charge is 0.487 e. The van der Waals surface area contributed by atoms with E-state index in [0.717, 1.165) is 16.5 Å². The highest BCUT2D eigenvalue weighted by molar-refractivity contribution is 6.32. The van der Waals surface area contributed by atoms with Crippen molar-refractivity contribution in [2.45, 2.75) is 19.4 Å². The number of nitrogens with one attached hydrogen (secondary N) is 1. The smallest absolute Gasteiger partial charge is 0.224 e. The molecule has 1 aromatic heterocycles. The summed E-state index contributed by atoms with van der Waals surface area (Å²) in [6.45, 7) is 1.95. The first kappa shape index (κ1) is 21.5. The predicted octanol–water partition coefficient (Wildman–Crippen LogP) is 5.33. The normalized spacial score (nSPS) is 11.8. The van der Waals surface area contributed by atoms with Gasteiger partial charge in [0.05, 0.1) is 16.5 Å². The summed E-state index contributed by atoms with van der Waals surface area (Å²) in [6.07, 6.45) is 1.46. The van der Waals surface area contributed by atoms with Crippen molar-refractivity contribution in [1.29, 1.82) is 0 Å². The number of halogens is 2. The number of ether oxygens (including phenoxy) is 1. The minimum Gasteiger partial charge on any atom is -0.487 e. The summed E-state index contributed by atoms with van der Waals surface area (Å²) in [4.78, 5) is 20.2. The predicted molar refractivity (Wildman–Crippen MR) is 123 cm³/mol. The minimum atomic E-state index is -0.434. The van der Waals surface area contributed by atoms with Crippen LogP contribution < -0.4 is 15.8 Å². The molecule has 0 bridgehead atoms. The highest BCUT2D eigenvalue weighted by Crippen LogP contribution is 2.31. The Kier molecular flexibility index (Phi) is 6.18. The van der Waals surface area contributed by atoms with Crippen molar-refractivity contribution in [3.63, 3.8) is 0 Å². The summed E-state index contributed by atoms with van der Waals surface area (Å²) in [5, 5.41) is 4.38. The van der Waals surface area contributed by atoms with E-state index in [4.69, 9.17) is 22.1 Å². The topological polar surface area (TPSA) is 90.1 Å². The Bertz CT molecular complexity index is 1300. The molecule has 0 radical (unpaired) electrons. The number of carbonyl (C=O) groups is 1. The first-order chi connectivity index (χ1) is 15.4. The van der Waals surface area contributed by atoms with Crippen molar-refractivity contribution in [2.75, 3.05) is 5.32 Å². The van der Waals surface area contributed by atoms with E-state index in [0.29, 0.717) is 27.8 Å². The molecule has 0 saturated heterocycles. The number of benzene rings is 3. The van der Waals surface area contributed by atoms with Crippen LogP contribution >= 0.6 is 11.6 Å². The first-order valence-corrected chi connectivity index (χ1v) is 10.3. The van der Waals surface area contributed by atoms with Gasteiger partial charge in [0.1, 0.15) is 30.3 Å². The van der Waals surface area contributed by atoms with E-state index in [1.165, 1.54) is 18.5 Å². The molecule has 1 heterocycles. The van der Waals surface area contributed by atoms with Crippen LogP contribution in [-0.4, -0.2) is 15.9 Å². The lowest BCUT2D eigenvalue weighted by Gasteiger charge is -2.13. The maximum Gasteiger partial charge on any atom is 0.224 e. The number of amides is 1. The van der Waals surface area contributed by atoms with E-state index in [9.17, 15) is 9.18 Å². The zero-order chi connectivity index (χ0) is 22.7. The molecule has 0 fully saturated rings. The summed E-state index contributed by atoms with van der Waals surface area (Å²) < 4.78 is 19.1. The van der Waals surface area contributed by atoms with Gasteiger partial charge in [-0.2, -0.15) is 0 Å². The lowest BCUT2D eigenvalue weighted by Crippen LogP contribution is -2.18. The van der Waals surface area contributed by atoms with Gasteiger partial charge >= 0.3 is 0 Å². The zero-order valence-electron chi connectivity index (χ0n) is 17.2. The molecular formula is C24H20ClFN4O2. The highest BCUT2D eigenvalue weighted by Gasteiger charge is 2.14. The molecule has 0 aliphatic heterocycles. The third kappa shape index (κ3) is 4.78. The first-order valence-electron chi connectivity index (χ1n) is 9.88. The van der Waals surface area contributed by atoms with Crippen LogP contribution in [0.3, 0.4) is 0 Å². The molecule has 3 aromatic carbocycles. The molecule has 3 N–H and O–H groups in total. The highest BCUT2D eigenvalue weighted by atomic mass is 35.5. The van der Waals surface area contributed by atoms with Crippen LogP contribution in [-0.2, 0) is 11.4 Å². The lowest BCUT2D eigenvalue weighted by atomic mass is 9.99. The van der Waals surface area contributed by atoms with E-state index in [-0.39, 0.29) is 12.4 Å². The molecule has 1 unspecified atom stereocenters. The van der Waals surface area contributed by atoms with Gasteiger partial charge < -0.3 is 15.8 Å². The van der Waals surface area contributed by atoms with Gasteiger partial charge in [0.25, 0.3) is 0 Å². The fourth-order valence-corrected chi connectivity index (χ4v) is 3.46. The Morgan fingerprint density at radius 3 is 2.75 bits per heavy atom. The van der Waals surface area contributed by atoms with E-state index in [1.807, 2.05) is 18.2 Å². The molecule has 0 saturated carbocycles. The minimum absolute atomic E-state index is 0.196. The maximum atomic E-state index is 13.3. The average Bonchev–Trinajstić information content (AvgIpc) is 2.78. The summed E-state index contributed by atoms with van der Waals surface area (Å²) >= 11 is 6.39. The number of rotatable bonds is 7. The van der Waals surface area contributed by atoms with Crippen molar-refractivity contribution in [1.82, 2.24) is 9.97 Å². The molecule has 32 heavy (non-hydrogen) atoms. The standard InChI is InChI=1S/C24H20ClFN4O2/c1-14(23(27)31)16-5-7-21-19(10-16)24(29-13-28-21)30-18-6-8-22(20(25)11-18)32-12-15-3-2-4-17(26)9-15/h2-11,13-14H,12H2,1H3,(H2,27,31)(H,28,29,30). The molecule has 1 amide bonds. The van der Waals surface area contributed by atoms with E-state index < -0.39 is 11.8 Å². The van der Waals surface area contributed by atoms with Gasteiger partial charge in [-0.3, -0.25) is 4.79 Å². The second-order valence-corrected chi connectivity index (χ2v) is 7.72. The van der Waals surface area contributed by atoms with Gasteiger partial charge in [0.2, 0.25) is 5.91 Å². The Balaban J connectivity index is 1.55. The molecule has 4 rings (SSSR count). The number of carbonyl (C=O) groups excluding carboxylic acids is 1. The van der Waals surface area contributed by atoms with Crippen molar-refractivity contribution in [2.24, 2.45) is 5.73 Å². The van der Waals surface area contributed by atoms with Gasteiger partial charge in [-0.25, -0.2) is 14.4 Å². The molecule has 162 valence electrons. The van der Waals surface area contributed by atoms with Gasteiger partial charge in [-0.1, -0.05) is 29.8 Å². The van der Waals surface area contributed by atoms with Gasteiger partial charge in [-0.05, 0) is 60.5 Å². The number of anilines is 2. The van der Waals surface area contributed by atoms with Crippen LogP contribution in [0, 0.1) is 5.82 Å². The Labute approximate surface area is 189 Å². The lowest BCUT2D eigenvalue weighted by molar-refractivity contribution is -0.119. The quantitative estimate of drug-likeness (QED) is 0.397. The Morgan fingerprint density at radius 2 is 2.00 bits per heavy atom. The van der Waals surface area contributed by atoms with Gasteiger partial charge in [0, 0.05) is 11.1 Å². The number of aromatic nitrogens is 2. The van der Waals surface area contributed by atoms with Crippen LogP contribution in [0.1, 0.15) is 24.0 Å². The third-order valence-corrected chi connectivity index (χ3v) is 5.36. The fraction of sp³-hybridized carbons (Fsp3) is 0.125. The summed E-state index contributed by atoms with van der Waals surface area (Å²) in [7, 11) is 0. The number of nitrogens with zero attached hydrogens (tertiary/aromatic N) is 2. The summed E-state index contributed by atoms with van der Waals surface area (Å²) in [5.41, 5.74) is 8.35. The maximum absolute atomic E-state index is 13.3. The molecule has 8 heteroatoms. The molecule has 0 aliphatic carbocycles. The third-order valence-electron chi connectivity index (χ3n) is 5.06. The fourth-order valence-electron chi connectivity index (χ4n) is 3.23. The Hall–Kier alpha value is -3.71. The van der Waals surface area contributed by atoms with Crippen molar-refractivity contribution in [3.05, 3.63) is 89.0 Å². The second kappa shape index (κ2) is 9.20. The number of fused-ring (bicyclic) bond motifs is 1. The van der Waals surface area contributed by atoms with Crippen molar-refractivity contribution in [3.8, 4) is 5.75 Å². The molecule has 1 atom stereocenters. The molecule has 0 spiro atoms. The van der Waals surface area contributed by atoms with Crippen LogP contribution in [0.25, 0.3) is 10.9 Å². The molecular weight excluding hydrogens is 431 g/mol. The van der Waals surface area contributed by atoms with Crippen LogP contribution in [0.4, 0.5) is 15.9 Å². The van der Waals surface area contributed by atoms with Gasteiger partial charge in [-0.15, -0.1) is 0 Å². The number of primary amides is 1. The van der Waals surface area contributed by atoms with Crippen LogP contribution in [0.15, 0.2) is 67.0 Å². The van der Waals surface area contributed by atoms with Gasteiger partial charge in [0.15, 0.2) is 0 Å². The molecule has 6 nitrogen and oxygen atoms in total. The Morgan fingerprint density at radius 1 is 1.16 bits per heavy atom. The van der Waals surface area contributed by atoms with Crippen LogP contribution in [0.2, 0.25) is 5.02 Å². The average molecular weight is 451 g/mol. The second-order valence-electron chi connectivity index (χ2n) is 7.31. The monoisotopic (exact) mass is 450 g/mol. The molecule has 4 aromatic rings. The van der Waals surface area contributed by atoms with E-state index in [2.05, 4.69) is 15.3 Å². The summed E-state index contributed by atoms with van der Waals surface area (Å²) in [6, 6.07) is 17.0. The van der Waals surface area contributed by atoms with Crippen molar-refractivity contribution >= 4 is 39.9 Å². The molecule has 0 aliphatic rings. The summed E-state index contributed by atoms with van der Waals surface area (Å²) in [5.74, 6) is -0.112. The number of hydrogen-bond donors (Lipinski definition) is 2. The number of hydrogen-bond acceptors (Lipinski definition) is 5.